The van der Waals surface area contributed by atoms with Gasteiger partial charge in [-0.25, -0.2) is 4.68 Å². The fraction of sp³-hybridized carbons (Fsp3) is 0.261. The lowest BCUT2D eigenvalue weighted by Gasteiger charge is -2.15. The van der Waals surface area contributed by atoms with E-state index in [-0.39, 0.29) is 11.8 Å². The van der Waals surface area contributed by atoms with Gasteiger partial charge in [0.1, 0.15) is 5.69 Å². The second kappa shape index (κ2) is 9.13. The lowest BCUT2D eigenvalue weighted by Crippen LogP contribution is -2.31. The lowest BCUT2D eigenvalue weighted by molar-refractivity contribution is -0.127. The Morgan fingerprint density at radius 3 is 2.57 bits per heavy atom. The zero-order valence-electron chi connectivity index (χ0n) is 16.6. The molecule has 6 nitrogen and oxygen atoms in total. The number of hydrogen-bond acceptors (Lipinski definition) is 3. The van der Waals surface area contributed by atoms with Gasteiger partial charge in [0.15, 0.2) is 0 Å². The molecule has 30 heavy (non-hydrogen) atoms. The van der Waals surface area contributed by atoms with Crippen molar-refractivity contribution in [3.05, 3.63) is 71.4 Å². The van der Waals surface area contributed by atoms with Crippen molar-refractivity contribution < 1.29 is 9.59 Å². The first-order valence-electron chi connectivity index (χ1n) is 10.1. The second-order valence-corrected chi connectivity index (χ2v) is 7.70. The van der Waals surface area contributed by atoms with Crippen LogP contribution in [0.5, 0.6) is 0 Å². The summed E-state index contributed by atoms with van der Waals surface area (Å²) in [5.41, 5.74) is 2.85. The van der Waals surface area contributed by atoms with Crippen LogP contribution < -0.4 is 5.32 Å². The van der Waals surface area contributed by atoms with Crippen LogP contribution in [0.25, 0.3) is 16.9 Å². The highest BCUT2D eigenvalue weighted by Crippen LogP contribution is 2.23. The number of para-hydroxylation sites is 1. The van der Waals surface area contributed by atoms with Gasteiger partial charge in [-0.05, 0) is 43.2 Å². The number of hydrogen-bond donors (Lipinski definition) is 1. The van der Waals surface area contributed by atoms with Gasteiger partial charge in [0.25, 0.3) is 5.91 Å². The second-order valence-electron chi connectivity index (χ2n) is 7.26. The molecule has 2 amide bonds. The van der Waals surface area contributed by atoms with Crippen LogP contribution in [0.4, 0.5) is 0 Å². The van der Waals surface area contributed by atoms with Crippen LogP contribution in [0.2, 0.25) is 5.02 Å². The van der Waals surface area contributed by atoms with E-state index >= 15 is 0 Å². The van der Waals surface area contributed by atoms with Gasteiger partial charge in [0, 0.05) is 36.6 Å². The SMILES string of the molecule is O=C(NCCCN1CCCC1=O)c1cc(-c2ccc(Cl)cc2)nn1-c1ccccc1. The first kappa shape index (κ1) is 20.2. The average Bonchev–Trinajstić information content (AvgIpc) is 3.39. The van der Waals surface area contributed by atoms with Crippen molar-refractivity contribution in [2.75, 3.05) is 19.6 Å². The van der Waals surface area contributed by atoms with E-state index < -0.39 is 0 Å². The van der Waals surface area contributed by atoms with Gasteiger partial charge >= 0.3 is 0 Å². The third-order valence-electron chi connectivity index (χ3n) is 5.14. The Hall–Kier alpha value is -3.12. The molecule has 0 atom stereocenters. The molecule has 3 aromatic rings. The highest BCUT2D eigenvalue weighted by atomic mass is 35.5. The number of halogens is 1. The molecule has 1 aliphatic rings. The van der Waals surface area contributed by atoms with Crippen molar-refractivity contribution in [1.82, 2.24) is 20.0 Å². The van der Waals surface area contributed by atoms with E-state index in [9.17, 15) is 9.59 Å². The Morgan fingerprint density at radius 2 is 1.87 bits per heavy atom. The molecule has 4 rings (SSSR count). The van der Waals surface area contributed by atoms with Gasteiger partial charge in [0.05, 0.1) is 11.4 Å². The quantitative estimate of drug-likeness (QED) is 0.586. The average molecular weight is 423 g/mol. The predicted octanol–water partition coefficient (Wildman–Crippen LogP) is 3.94. The fourth-order valence-corrected chi connectivity index (χ4v) is 3.70. The van der Waals surface area contributed by atoms with Gasteiger partial charge < -0.3 is 10.2 Å². The van der Waals surface area contributed by atoms with Crippen LogP contribution >= 0.6 is 11.6 Å². The number of carbonyl (C=O) groups excluding carboxylic acids is 2. The maximum atomic E-state index is 12.9. The van der Waals surface area contributed by atoms with Crippen molar-refractivity contribution in [3.63, 3.8) is 0 Å². The first-order chi connectivity index (χ1) is 14.6. The summed E-state index contributed by atoms with van der Waals surface area (Å²) in [5.74, 6) is 0.00963. The van der Waals surface area contributed by atoms with Crippen molar-refractivity contribution in [2.45, 2.75) is 19.3 Å². The summed E-state index contributed by atoms with van der Waals surface area (Å²) in [7, 11) is 0. The molecule has 0 spiro atoms. The smallest absolute Gasteiger partial charge is 0.270 e. The molecule has 1 aromatic heterocycles. The molecule has 1 N–H and O–H groups in total. The van der Waals surface area contributed by atoms with Crippen molar-refractivity contribution >= 4 is 23.4 Å². The molecule has 0 bridgehead atoms. The summed E-state index contributed by atoms with van der Waals surface area (Å²) in [5, 5.41) is 8.27. The van der Waals surface area contributed by atoms with E-state index in [4.69, 9.17) is 11.6 Å². The summed E-state index contributed by atoms with van der Waals surface area (Å²) in [6.07, 6.45) is 2.28. The maximum Gasteiger partial charge on any atom is 0.270 e. The van der Waals surface area contributed by atoms with E-state index in [1.807, 2.05) is 47.4 Å². The molecule has 0 unspecified atom stereocenters. The molecular formula is C23H23ClN4O2. The molecule has 1 saturated heterocycles. The fourth-order valence-electron chi connectivity index (χ4n) is 3.57. The third kappa shape index (κ3) is 4.54. The van der Waals surface area contributed by atoms with Gasteiger partial charge in [-0.1, -0.05) is 41.9 Å². The summed E-state index contributed by atoms with van der Waals surface area (Å²) in [6.45, 7) is 1.99. The molecular weight excluding hydrogens is 400 g/mol. The zero-order chi connectivity index (χ0) is 20.9. The lowest BCUT2D eigenvalue weighted by atomic mass is 10.1. The van der Waals surface area contributed by atoms with Crippen LogP contribution in [-0.2, 0) is 4.79 Å². The molecule has 2 aromatic carbocycles. The number of benzene rings is 2. The predicted molar refractivity (Wildman–Crippen MR) is 117 cm³/mol. The topological polar surface area (TPSA) is 67.2 Å². The highest BCUT2D eigenvalue weighted by Gasteiger charge is 2.20. The number of rotatable bonds is 7. The number of nitrogens with zero attached hydrogens (tertiary/aromatic N) is 3. The molecule has 7 heteroatoms. The Balaban J connectivity index is 1.50. The molecule has 0 aliphatic carbocycles. The Bertz CT molecular complexity index is 1030. The molecule has 1 aliphatic heterocycles. The Morgan fingerprint density at radius 1 is 1.10 bits per heavy atom. The number of aromatic nitrogens is 2. The summed E-state index contributed by atoms with van der Waals surface area (Å²) < 4.78 is 1.66. The number of likely N-dealkylation sites (tertiary alicyclic amines) is 1. The largest absolute Gasteiger partial charge is 0.351 e. The van der Waals surface area contributed by atoms with E-state index in [2.05, 4.69) is 10.4 Å². The maximum absolute atomic E-state index is 12.9. The van der Waals surface area contributed by atoms with Crippen molar-refractivity contribution in [1.29, 1.82) is 0 Å². The van der Waals surface area contributed by atoms with Gasteiger partial charge in [-0.3, -0.25) is 9.59 Å². The highest BCUT2D eigenvalue weighted by molar-refractivity contribution is 6.30. The standard InChI is InChI=1S/C23H23ClN4O2/c24-18-11-9-17(10-12-18)20-16-21(28(26-20)19-6-2-1-3-7-19)23(30)25-13-5-15-27-14-4-8-22(27)29/h1-3,6-7,9-12,16H,4-5,8,13-15H2,(H,25,30). The van der Waals surface area contributed by atoms with E-state index in [1.54, 1.807) is 22.9 Å². The molecule has 0 saturated carbocycles. The van der Waals surface area contributed by atoms with E-state index in [0.29, 0.717) is 35.9 Å². The Labute approximate surface area is 180 Å². The third-order valence-corrected chi connectivity index (χ3v) is 5.40. The van der Waals surface area contributed by atoms with Crippen LogP contribution in [0.3, 0.4) is 0 Å². The minimum absolute atomic E-state index is 0.195. The van der Waals surface area contributed by atoms with Crippen molar-refractivity contribution in [2.24, 2.45) is 0 Å². The summed E-state index contributed by atoms with van der Waals surface area (Å²) in [4.78, 5) is 26.5. The van der Waals surface area contributed by atoms with E-state index in [1.165, 1.54) is 0 Å². The normalized spacial score (nSPS) is 13.6. The molecule has 0 radical (unpaired) electrons. The first-order valence-corrected chi connectivity index (χ1v) is 10.5. The van der Waals surface area contributed by atoms with Crippen LogP contribution in [0.15, 0.2) is 60.7 Å². The number of nitrogens with one attached hydrogen (secondary N) is 1. The van der Waals surface area contributed by atoms with Crippen LogP contribution in [0, 0.1) is 0 Å². The summed E-state index contributed by atoms with van der Waals surface area (Å²) in [6, 6.07) is 18.7. The monoisotopic (exact) mass is 422 g/mol. The van der Waals surface area contributed by atoms with Gasteiger partial charge in [0.2, 0.25) is 5.91 Å². The Kier molecular flexibility index (Phi) is 6.14. The van der Waals surface area contributed by atoms with Crippen LogP contribution in [0.1, 0.15) is 29.8 Å². The van der Waals surface area contributed by atoms with Gasteiger partial charge in [-0.2, -0.15) is 5.10 Å². The summed E-state index contributed by atoms with van der Waals surface area (Å²) >= 11 is 5.99. The molecule has 1 fully saturated rings. The van der Waals surface area contributed by atoms with Gasteiger partial charge in [-0.15, -0.1) is 0 Å². The van der Waals surface area contributed by atoms with Crippen molar-refractivity contribution in [3.8, 4) is 16.9 Å². The molecule has 154 valence electrons. The van der Waals surface area contributed by atoms with E-state index in [0.717, 1.165) is 30.6 Å². The number of amides is 2. The minimum Gasteiger partial charge on any atom is -0.351 e. The minimum atomic E-state index is -0.195. The van der Waals surface area contributed by atoms with Crippen LogP contribution in [-0.4, -0.2) is 46.1 Å². The molecule has 2 heterocycles. The number of carbonyl (C=O) groups is 2. The zero-order valence-corrected chi connectivity index (χ0v) is 17.3.